The highest BCUT2D eigenvalue weighted by molar-refractivity contribution is 5.84. The molecule has 0 aliphatic heterocycles. The van der Waals surface area contributed by atoms with Gasteiger partial charge >= 0.3 is 17.6 Å². The molecule has 122 valence electrons. The Bertz CT molecular complexity index is 673. The summed E-state index contributed by atoms with van der Waals surface area (Å²) < 4.78 is 11.8. The van der Waals surface area contributed by atoms with Crippen LogP contribution in [0.1, 0.15) is 31.7 Å². The first-order chi connectivity index (χ1) is 10.3. The molecule has 0 spiro atoms. The zero-order chi connectivity index (χ0) is 16.9. The maximum absolute atomic E-state index is 12.2. The summed E-state index contributed by atoms with van der Waals surface area (Å²) in [5.74, 6) is -2.42. The first-order valence-electron chi connectivity index (χ1n) is 6.92. The van der Waals surface area contributed by atoms with Crippen LogP contribution in [-0.2, 0) is 33.2 Å². The van der Waals surface area contributed by atoms with E-state index in [4.69, 9.17) is 9.47 Å². The first-order valence-corrected chi connectivity index (χ1v) is 6.92. The molecule has 0 N–H and O–H groups in total. The van der Waals surface area contributed by atoms with Gasteiger partial charge in [-0.05, 0) is 13.8 Å². The van der Waals surface area contributed by atoms with E-state index >= 15 is 0 Å². The molecule has 0 saturated heterocycles. The van der Waals surface area contributed by atoms with Gasteiger partial charge in [0.25, 0.3) is 5.56 Å². The van der Waals surface area contributed by atoms with E-state index in [1.807, 2.05) is 0 Å². The van der Waals surface area contributed by atoms with Gasteiger partial charge in [0.1, 0.15) is 0 Å². The van der Waals surface area contributed by atoms with Gasteiger partial charge in [-0.3, -0.25) is 19.0 Å². The van der Waals surface area contributed by atoms with Crippen molar-refractivity contribution >= 4 is 11.9 Å². The predicted octanol–water partition coefficient (Wildman–Crippen LogP) is -0.316. The average molecular weight is 312 g/mol. The molecule has 0 aliphatic rings. The summed E-state index contributed by atoms with van der Waals surface area (Å²) in [6.45, 7) is 3.55. The highest BCUT2D eigenvalue weighted by atomic mass is 16.5. The van der Waals surface area contributed by atoms with E-state index in [0.717, 1.165) is 4.57 Å². The third-order valence-corrected chi connectivity index (χ3v) is 3.10. The molecule has 1 atom stereocenters. The van der Waals surface area contributed by atoms with Crippen molar-refractivity contribution in [1.29, 1.82) is 0 Å². The fourth-order valence-corrected chi connectivity index (χ4v) is 2.02. The van der Waals surface area contributed by atoms with Gasteiger partial charge in [0.2, 0.25) is 0 Å². The van der Waals surface area contributed by atoms with Crippen LogP contribution >= 0.6 is 0 Å². The number of hydrogen-bond donors (Lipinski definition) is 0. The molecule has 22 heavy (non-hydrogen) atoms. The summed E-state index contributed by atoms with van der Waals surface area (Å²) in [5, 5.41) is 0. The Kier molecular flexibility index (Phi) is 6.09. The maximum atomic E-state index is 12.2. The Morgan fingerprint density at radius 3 is 2.27 bits per heavy atom. The quantitative estimate of drug-likeness (QED) is 0.668. The molecule has 0 aromatic carbocycles. The lowest BCUT2D eigenvalue weighted by Crippen LogP contribution is -2.40. The fourth-order valence-electron chi connectivity index (χ4n) is 2.02. The van der Waals surface area contributed by atoms with Crippen molar-refractivity contribution in [3.05, 3.63) is 32.6 Å². The molecule has 0 bridgehead atoms. The zero-order valence-electron chi connectivity index (χ0n) is 13.1. The molecule has 1 heterocycles. The van der Waals surface area contributed by atoms with Gasteiger partial charge < -0.3 is 14.0 Å². The van der Waals surface area contributed by atoms with Crippen molar-refractivity contribution in [1.82, 2.24) is 9.13 Å². The number of rotatable bonds is 6. The van der Waals surface area contributed by atoms with Gasteiger partial charge in [-0.2, -0.15) is 0 Å². The predicted molar refractivity (Wildman–Crippen MR) is 77.5 cm³/mol. The zero-order valence-corrected chi connectivity index (χ0v) is 13.1. The maximum Gasteiger partial charge on any atom is 0.330 e. The van der Waals surface area contributed by atoms with Gasteiger partial charge in [-0.15, -0.1) is 0 Å². The molecule has 0 aliphatic carbocycles. The molecule has 0 amide bonds. The van der Waals surface area contributed by atoms with Crippen LogP contribution in [0.4, 0.5) is 0 Å². The van der Waals surface area contributed by atoms with Gasteiger partial charge in [0, 0.05) is 25.9 Å². The van der Waals surface area contributed by atoms with Crippen molar-refractivity contribution in [2.45, 2.75) is 26.2 Å². The fraction of sp³-hybridized carbons (Fsp3) is 0.571. The van der Waals surface area contributed by atoms with Crippen LogP contribution in [0.5, 0.6) is 0 Å². The van der Waals surface area contributed by atoms with Crippen molar-refractivity contribution in [2.24, 2.45) is 14.1 Å². The lowest BCUT2D eigenvalue weighted by atomic mass is 9.98. The summed E-state index contributed by atoms with van der Waals surface area (Å²) in [6, 6.07) is 0. The largest absolute Gasteiger partial charge is 0.466 e. The van der Waals surface area contributed by atoms with Crippen molar-refractivity contribution < 1.29 is 19.1 Å². The number of aromatic nitrogens is 2. The number of carbonyl (C=O) groups is 2. The molecule has 0 saturated carbocycles. The van der Waals surface area contributed by atoms with Crippen LogP contribution in [0.25, 0.3) is 0 Å². The molecule has 1 aromatic rings. The summed E-state index contributed by atoms with van der Waals surface area (Å²) >= 11 is 0. The number of aryl methyl sites for hydroxylation is 1. The summed E-state index contributed by atoms with van der Waals surface area (Å²) in [7, 11) is 2.76. The van der Waals surface area contributed by atoms with Crippen molar-refractivity contribution in [3.63, 3.8) is 0 Å². The average Bonchev–Trinajstić information content (AvgIpc) is 2.47. The minimum absolute atomic E-state index is 0.0242. The molecular weight excluding hydrogens is 292 g/mol. The number of carbonyl (C=O) groups excluding carboxylic acids is 2. The number of ether oxygens (including phenoxy) is 2. The lowest BCUT2D eigenvalue weighted by molar-refractivity contribution is -0.151. The van der Waals surface area contributed by atoms with Crippen LogP contribution in [-0.4, -0.2) is 34.3 Å². The number of esters is 2. The molecule has 8 heteroatoms. The minimum atomic E-state index is -1.11. The van der Waals surface area contributed by atoms with Crippen LogP contribution in [0.2, 0.25) is 0 Å². The molecule has 8 nitrogen and oxygen atoms in total. The second-order valence-corrected chi connectivity index (χ2v) is 4.66. The van der Waals surface area contributed by atoms with Crippen LogP contribution in [0.3, 0.4) is 0 Å². The van der Waals surface area contributed by atoms with E-state index in [0.29, 0.717) is 0 Å². The lowest BCUT2D eigenvalue weighted by Gasteiger charge is -2.16. The molecule has 1 rings (SSSR count). The van der Waals surface area contributed by atoms with Crippen molar-refractivity contribution in [3.8, 4) is 0 Å². The Morgan fingerprint density at radius 1 is 1.14 bits per heavy atom. The van der Waals surface area contributed by atoms with E-state index in [-0.39, 0.29) is 25.2 Å². The molecular formula is C14H20N2O6. The SMILES string of the molecule is CCOC(=O)CC(C(=O)OCC)c1cn(C)c(=O)n(C)c1=O. The first kappa shape index (κ1) is 17.7. The standard InChI is InChI=1S/C14H20N2O6/c1-5-21-11(17)7-9(13(19)22-6-2)10-8-15(3)14(20)16(4)12(10)18/h8-9H,5-7H2,1-4H3. The minimum Gasteiger partial charge on any atom is -0.466 e. The molecule has 0 radical (unpaired) electrons. The van der Waals surface area contributed by atoms with E-state index in [9.17, 15) is 19.2 Å². The van der Waals surface area contributed by atoms with Gasteiger partial charge in [-0.1, -0.05) is 0 Å². The van der Waals surface area contributed by atoms with Crippen LogP contribution in [0.15, 0.2) is 15.8 Å². The second kappa shape index (κ2) is 7.58. The Labute approximate surface area is 127 Å². The Hall–Kier alpha value is -2.38. The van der Waals surface area contributed by atoms with Crippen molar-refractivity contribution in [2.75, 3.05) is 13.2 Å². The van der Waals surface area contributed by atoms with Crippen LogP contribution in [0, 0.1) is 0 Å². The summed E-state index contributed by atoms with van der Waals surface area (Å²) in [4.78, 5) is 47.7. The van der Waals surface area contributed by atoms with E-state index in [2.05, 4.69) is 0 Å². The number of hydrogen-bond acceptors (Lipinski definition) is 6. The van der Waals surface area contributed by atoms with Crippen LogP contribution < -0.4 is 11.2 Å². The highest BCUT2D eigenvalue weighted by Gasteiger charge is 2.29. The normalized spacial score (nSPS) is 11.8. The third kappa shape index (κ3) is 3.84. The summed E-state index contributed by atoms with van der Waals surface area (Å²) in [6.07, 6.45) is 0.936. The van der Waals surface area contributed by atoms with Gasteiger partial charge in [-0.25, -0.2) is 4.79 Å². The topological polar surface area (TPSA) is 96.6 Å². The van der Waals surface area contributed by atoms with E-state index in [1.165, 1.54) is 24.9 Å². The molecule has 0 fully saturated rings. The van der Waals surface area contributed by atoms with Gasteiger partial charge in [0.15, 0.2) is 0 Å². The molecule has 1 unspecified atom stereocenters. The second-order valence-electron chi connectivity index (χ2n) is 4.66. The smallest absolute Gasteiger partial charge is 0.330 e. The van der Waals surface area contributed by atoms with E-state index in [1.54, 1.807) is 13.8 Å². The Balaban J connectivity index is 3.33. The Morgan fingerprint density at radius 2 is 1.73 bits per heavy atom. The number of nitrogens with zero attached hydrogens (tertiary/aromatic N) is 2. The highest BCUT2D eigenvalue weighted by Crippen LogP contribution is 2.18. The monoisotopic (exact) mass is 312 g/mol. The van der Waals surface area contributed by atoms with Gasteiger partial charge in [0.05, 0.1) is 25.6 Å². The third-order valence-electron chi connectivity index (χ3n) is 3.10. The van der Waals surface area contributed by atoms with E-state index < -0.39 is 29.1 Å². The summed E-state index contributed by atoms with van der Waals surface area (Å²) in [5.41, 5.74) is -1.13. The molecule has 1 aromatic heterocycles.